The number of hydrogen-bond donors (Lipinski definition) is 0. The molecule has 1 saturated heterocycles. The lowest BCUT2D eigenvalue weighted by Crippen LogP contribution is -2.41. The van der Waals surface area contributed by atoms with Gasteiger partial charge in [-0.1, -0.05) is 11.6 Å². The van der Waals surface area contributed by atoms with Crippen molar-refractivity contribution in [2.45, 2.75) is 65.3 Å². The average Bonchev–Trinajstić information content (AvgIpc) is 2.64. The van der Waals surface area contributed by atoms with Crippen LogP contribution in [0.3, 0.4) is 0 Å². The standard InChI is InChI=1S/C18H27BClNO4/c1-16(2,3)23-15(22)21(8)14-10-12(9-13(20)11-14)19-24-17(4,5)18(6,7)25-19/h9-11H,1-8H3. The molecular formula is C18H27BClNO4. The summed E-state index contributed by atoms with van der Waals surface area (Å²) in [6.07, 6.45) is -0.449. The summed E-state index contributed by atoms with van der Waals surface area (Å²) in [6.45, 7) is 13.4. The molecule has 1 heterocycles. The Balaban J connectivity index is 2.28. The van der Waals surface area contributed by atoms with Gasteiger partial charge in [0, 0.05) is 17.8 Å². The number of hydrogen-bond acceptors (Lipinski definition) is 4. The highest BCUT2D eigenvalue weighted by Crippen LogP contribution is 2.37. The third-order valence-electron chi connectivity index (χ3n) is 4.48. The molecule has 1 aromatic carbocycles. The number of amides is 1. The van der Waals surface area contributed by atoms with Gasteiger partial charge in [0.1, 0.15) is 5.60 Å². The number of anilines is 1. The molecule has 7 heteroatoms. The van der Waals surface area contributed by atoms with E-state index in [1.807, 2.05) is 54.5 Å². The molecule has 0 atom stereocenters. The predicted octanol–water partition coefficient (Wildman–Crippen LogP) is 4.01. The van der Waals surface area contributed by atoms with Crippen molar-refractivity contribution >= 4 is 36.0 Å². The van der Waals surface area contributed by atoms with Gasteiger partial charge in [-0.15, -0.1) is 0 Å². The van der Waals surface area contributed by atoms with E-state index in [1.165, 1.54) is 4.90 Å². The number of carbonyl (C=O) groups is 1. The van der Waals surface area contributed by atoms with Crippen molar-refractivity contribution in [1.82, 2.24) is 0 Å². The van der Waals surface area contributed by atoms with Gasteiger partial charge >= 0.3 is 13.2 Å². The molecular weight excluding hydrogens is 340 g/mol. The highest BCUT2D eigenvalue weighted by atomic mass is 35.5. The van der Waals surface area contributed by atoms with Crippen LogP contribution in [0.15, 0.2) is 18.2 Å². The van der Waals surface area contributed by atoms with Crippen LogP contribution in [0.5, 0.6) is 0 Å². The molecule has 0 unspecified atom stereocenters. The normalized spacial score (nSPS) is 19.0. The summed E-state index contributed by atoms with van der Waals surface area (Å²) in [5.74, 6) is 0. The monoisotopic (exact) mass is 367 g/mol. The van der Waals surface area contributed by atoms with Gasteiger partial charge < -0.3 is 14.0 Å². The fourth-order valence-electron chi connectivity index (χ4n) is 2.34. The third-order valence-corrected chi connectivity index (χ3v) is 4.70. The largest absolute Gasteiger partial charge is 0.494 e. The van der Waals surface area contributed by atoms with E-state index >= 15 is 0 Å². The number of carbonyl (C=O) groups excluding carboxylic acids is 1. The first-order valence-corrected chi connectivity index (χ1v) is 8.72. The van der Waals surface area contributed by atoms with Crippen LogP contribution in [0.4, 0.5) is 10.5 Å². The zero-order chi connectivity index (χ0) is 19.2. The second-order valence-corrected chi connectivity index (χ2v) is 8.81. The van der Waals surface area contributed by atoms with Crippen molar-refractivity contribution in [2.24, 2.45) is 0 Å². The van der Waals surface area contributed by atoms with E-state index in [0.29, 0.717) is 10.7 Å². The second kappa shape index (κ2) is 6.49. The first-order valence-electron chi connectivity index (χ1n) is 8.35. The highest BCUT2D eigenvalue weighted by molar-refractivity contribution is 6.62. The van der Waals surface area contributed by atoms with Gasteiger partial charge in [-0.2, -0.15) is 0 Å². The van der Waals surface area contributed by atoms with Crippen LogP contribution in [0.25, 0.3) is 0 Å². The lowest BCUT2D eigenvalue weighted by molar-refractivity contribution is 0.00578. The zero-order valence-electron chi connectivity index (χ0n) is 16.3. The molecule has 1 amide bonds. The Bertz CT molecular complexity index is 654. The smallest absolute Gasteiger partial charge is 0.443 e. The van der Waals surface area contributed by atoms with E-state index in [0.717, 1.165) is 5.46 Å². The molecule has 0 spiro atoms. The molecule has 1 aliphatic rings. The summed E-state index contributed by atoms with van der Waals surface area (Å²) < 4.78 is 17.5. The van der Waals surface area contributed by atoms with Gasteiger partial charge in [0.25, 0.3) is 0 Å². The van der Waals surface area contributed by atoms with E-state index in [1.54, 1.807) is 19.2 Å². The van der Waals surface area contributed by atoms with Crippen LogP contribution < -0.4 is 10.4 Å². The number of halogens is 1. The topological polar surface area (TPSA) is 48.0 Å². The van der Waals surface area contributed by atoms with Crippen LogP contribution in [-0.4, -0.2) is 37.1 Å². The number of rotatable bonds is 2. The molecule has 0 bridgehead atoms. The highest BCUT2D eigenvalue weighted by Gasteiger charge is 2.51. The number of nitrogens with zero attached hydrogens (tertiary/aromatic N) is 1. The van der Waals surface area contributed by atoms with E-state index in [-0.39, 0.29) is 0 Å². The van der Waals surface area contributed by atoms with Crippen molar-refractivity contribution in [1.29, 1.82) is 0 Å². The minimum absolute atomic E-state index is 0.447. The second-order valence-electron chi connectivity index (χ2n) is 8.37. The van der Waals surface area contributed by atoms with Crippen molar-refractivity contribution in [3.8, 4) is 0 Å². The minimum atomic E-state index is -0.571. The van der Waals surface area contributed by atoms with E-state index in [2.05, 4.69) is 0 Å². The average molecular weight is 368 g/mol. The van der Waals surface area contributed by atoms with Gasteiger partial charge in [-0.3, -0.25) is 4.90 Å². The summed E-state index contributed by atoms with van der Waals surface area (Å²) in [6, 6.07) is 5.33. The van der Waals surface area contributed by atoms with Gasteiger partial charge in [0.15, 0.2) is 0 Å². The number of ether oxygens (including phenoxy) is 1. The van der Waals surface area contributed by atoms with Crippen LogP contribution in [-0.2, 0) is 14.0 Å². The summed E-state index contributed by atoms with van der Waals surface area (Å²) >= 11 is 6.26. The van der Waals surface area contributed by atoms with E-state index < -0.39 is 30.0 Å². The van der Waals surface area contributed by atoms with Crippen LogP contribution >= 0.6 is 11.6 Å². The molecule has 0 N–H and O–H groups in total. The van der Waals surface area contributed by atoms with Crippen molar-refractivity contribution in [3.05, 3.63) is 23.2 Å². The van der Waals surface area contributed by atoms with Gasteiger partial charge in [-0.25, -0.2) is 4.79 Å². The quantitative estimate of drug-likeness (QED) is 0.741. The Kier molecular flexibility index (Phi) is 5.21. The van der Waals surface area contributed by atoms with Crippen molar-refractivity contribution in [2.75, 3.05) is 11.9 Å². The fraction of sp³-hybridized carbons (Fsp3) is 0.611. The molecule has 1 aromatic rings. The first-order chi connectivity index (χ1) is 11.2. The predicted molar refractivity (Wildman–Crippen MR) is 102 cm³/mol. The van der Waals surface area contributed by atoms with Crippen LogP contribution in [0.2, 0.25) is 5.02 Å². The minimum Gasteiger partial charge on any atom is -0.443 e. The maximum Gasteiger partial charge on any atom is 0.494 e. The Hall–Kier alpha value is -1.24. The molecule has 1 fully saturated rings. The Morgan fingerprint density at radius 2 is 1.64 bits per heavy atom. The summed E-state index contributed by atoms with van der Waals surface area (Å²) in [5.41, 5.74) is -0.0876. The maximum absolute atomic E-state index is 12.3. The van der Waals surface area contributed by atoms with Gasteiger partial charge in [-0.05, 0) is 72.1 Å². The molecule has 138 valence electrons. The Labute approximate surface area is 155 Å². The fourth-order valence-corrected chi connectivity index (χ4v) is 2.58. The summed E-state index contributed by atoms with van der Waals surface area (Å²) in [4.78, 5) is 13.7. The zero-order valence-corrected chi connectivity index (χ0v) is 17.0. The van der Waals surface area contributed by atoms with Gasteiger partial charge in [0.05, 0.1) is 11.2 Å². The maximum atomic E-state index is 12.3. The SMILES string of the molecule is CN(C(=O)OC(C)(C)C)c1cc(Cl)cc(B2OC(C)(C)C(C)(C)O2)c1. The van der Waals surface area contributed by atoms with E-state index in [9.17, 15) is 4.79 Å². The molecule has 5 nitrogen and oxygen atoms in total. The van der Waals surface area contributed by atoms with Crippen LogP contribution in [0, 0.1) is 0 Å². The Morgan fingerprint density at radius 1 is 1.12 bits per heavy atom. The molecule has 0 radical (unpaired) electrons. The van der Waals surface area contributed by atoms with E-state index in [4.69, 9.17) is 25.6 Å². The first kappa shape index (κ1) is 20.1. The molecule has 0 saturated carbocycles. The third kappa shape index (κ3) is 4.49. The molecule has 25 heavy (non-hydrogen) atoms. The van der Waals surface area contributed by atoms with Crippen LogP contribution in [0.1, 0.15) is 48.5 Å². The van der Waals surface area contributed by atoms with Crippen molar-refractivity contribution < 1.29 is 18.8 Å². The summed E-state index contributed by atoms with van der Waals surface area (Å²) in [5, 5.41) is 0.498. The summed E-state index contributed by atoms with van der Waals surface area (Å²) in [7, 11) is 1.10. The Morgan fingerprint density at radius 3 is 2.12 bits per heavy atom. The molecule has 0 aromatic heterocycles. The lowest BCUT2D eigenvalue weighted by Gasteiger charge is -2.32. The number of benzene rings is 1. The molecule has 0 aliphatic carbocycles. The van der Waals surface area contributed by atoms with Gasteiger partial charge in [0.2, 0.25) is 0 Å². The molecule has 1 aliphatic heterocycles. The molecule has 2 rings (SSSR count). The lowest BCUT2D eigenvalue weighted by atomic mass is 9.79. The van der Waals surface area contributed by atoms with Crippen molar-refractivity contribution in [3.63, 3.8) is 0 Å².